The summed E-state index contributed by atoms with van der Waals surface area (Å²) >= 11 is 1.30. The van der Waals surface area contributed by atoms with E-state index in [0.717, 1.165) is 11.1 Å². The van der Waals surface area contributed by atoms with Gasteiger partial charge in [-0.3, -0.25) is 19.6 Å². The minimum atomic E-state index is -0.953. The van der Waals surface area contributed by atoms with E-state index in [0.29, 0.717) is 12.1 Å². The van der Waals surface area contributed by atoms with Crippen LogP contribution in [0.3, 0.4) is 0 Å². The average Bonchev–Trinajstić information content (AvgIpc) is 2.87. The maximum atomic E-state index is 13.4. The number of benzene rings is 2. The molecule has 0 saturated carbocycles. The van der Waals surface area contributed by atoms with E-state index in [2.05, 4.69) is 10.5 Å². The molecule has 3 amide bonds. The van der Waals surface area contributed by atoms with E-state index in [4.69, 9.17) is 5.73 Å². The molecule has 6 N–H and O–H groups in total. The highest BCUT2D eigenvalue weighted by Crippen LogP contribution is 2.26. The monoisotopic (exact) mass is 514 g/mol. The third-order valence-electron chi connectivity index (χ3n) is 5.70. The molecule has 3 atom stereocenters. The lowest BCUT2D eigenvalue weighted by Crippen LogP contribution is -2.51. The summed E-state index contributed by atoms with van der Waals surface area (Å²) in [4.78, 5) is 38.1. The van der Waals surface area contributed by atoms with Crippen molar-refractivity contribution in [3.8, 4) is 0 Å². The quantitative estimate of drug-likeness (QED) is 0.113. The molecule has 0 heterocycles. The molecule has 9 nitrogen and oxygen atoms in total. The number of carbonyl (C=O) groups is 3. The van der Waals surface area contributed by atoms with Gasteiger partial charge >= 0.3 is 0 Å². The summed E-state index contributed by atoms with van der Waals surface area (Å²) in [6, 6.07) is 17.3. The number of hydrogen-bond acceptors (Lipinski definition) is 7. The van der Waals surface area contributed by atoms with Crippen LogP contribution in [0.2, 0.25) is 0 Å². The number of hydrogen-bond donors (Lipinski definition) is 5. The number of nitrogens with two attached hydrogens (primary N) is 1. The molecule has 0 radical (unpaired) electrons. The molecular formula is C26H34N4O5S. The Morgan fingerprint density at radius 2 is 1.58 bits per heavy atom. The van der Waals surface area contributed by atoms with Crippen LogP contribution < -0.4 is 16.5 Å². The first-order valence-electron chi connectivity index (χ1n) is 11.7. The summed E-state index contributed by atoms with van der Waals surface area (Å²) in [6.07, 6.45) is 0.566. The predicted octanol–water partition coefficient (Wildman–Crippen LogP) is 2.59. The Morgan fingerprint density at radius 3 is 2.11 bits per heavy atom. The molecule has 10 heteroatoms. The molecule has 0 fully saturated rings. The van der Waals surface area contributed by atoms with Crippen molar-refractivity contribution in [2.45, 2.75) is 32.7 Å². The molecule has 2 aromatic carbocycles. The van der Waals surface area contributed by atoms with Gasteiger partial charge in [-0.15, -0.1) is 0 Å². The molecule has 0 aliphatic carbocycles. The Balaban J connectivity index is 2.18. The second-order valence-electron chi connectivity index (χ2n) is 8.90. The molecule has 36 heavy (non-hydrogen) atoms. The van der Waals surface area contributed by atoms with Gasteiger partial charge in [0.15, 0.2) is 0 Å². The van der Waals surface area contributed by atoms with E-state index >= 15 is 0 Å². The van der Waals surface area contributed by atoms with Gasteiger partial charge in [-0.2, -0.15) is 11.8 Å². The average molecular weight is 515 g/mol. The number of amides is 3. The predicted molar refractivity (Wildman–Crippen MR) is 140 cm³/mol. The van der Waals surface area contributed by atoms with Crippen LogP contribution in [0.25, 0.3) is 0 Å². The van der Waals surface area contributed by atoms with Gasteiger partial charge in [0.2, 0.25) is 17.7 Å². The third-order valence-corrected chi connectivity index (χ3v) is 6.77. The van der Waals surface area contributed by atoms with Crippen LogP contribution in [-0.2, 0) is 20.8 Å². The van der Waals surface area contributed by atoms with Gasteiger partial charge in [0.25, 0.3) is 0 Å². The molecular weight excluding hydrogens is 480 g/mol. The van der Waals surface area contributed by atoms with Crippen LogP contribution in [0.5, 0.6) is 0 Å². The van der Waals surface area contributed by atoms with E-state index in [-0.39, 0.29) is 23.8 Å². The molecule has 0 bridgehead atoms. The number of nitrogens with zero attached hydrogens (tertiary/aromatic N) is 1. The van der Waals surface area contributed by atoms with Crippen LogP contribution in [0.1, 0.15) is 31.4 Å². The second-order valence-corrected chi connectivity index (χ2v) is 9.93. The van der Waals surface area contributed by atoms with Gasteiger partial charge in [-0.1, -0.05) is 79.7 Å². The number of carbonyl (C=O) groups excluding carboxylic acids is 3. The fraction of sp³-hybridized carbons (Fsp3) is 0.385. The van der Waals surface area contributed by atoms with Crippen molar-refractivity contribution in [3.63, 3.8) is 0 Å². The second kappa shape index (κ2) is 14.9. The number of rotatable bonds is 14. The normalized spacial score (nSPS) is 14.1. The summed E-state index contributed by atoms with van der Waals surface area (Å²) in [6.45, 7) is 3.84. The lowest BCUT2D eigenvalue weighted by molar-refractivity contribution is -0.140. The summed E-state index contributed by atoms with van der Waals surface area (Å²) < 4.78 is 0. The molecule has 0 aliphatic heterocycles. The van der Waals surface area contributed by atoms with Gasteiger partial charge in [-0.25, -0.2) is 5.48 Å². The van der Waals surface area contributed by atoms with E-state index in [1.807, 2.05) is 62.4 Å². The number of oxime groups is 1. The third kappa shape index (κ3) is 9.01. The maximum Gasteiger partial charge on any atom is 0.248 e. The van der Waals surface area contributed by atoms with Crippen molar-refractivity contribution >= 4 is 35.2 Å². The highest BCUT2D eigenvalue weighted by molar-refractivity contribution is 8.00. The molecule has 2 rings (SSSR count). The van der Waals surface area contributed by atoms with Gasteiger partial charge in [0.05, 0.1) is 17.5 Å². The zero-order valence-electron chi connectivity index (χ0n) is 20.5. The van der Waals surface area contributed by atoms with Crippen molar-refractivity contribution in [2.24, 2.45) is 28.6 Å². The van der Waals surface area contributed by atoms with Crippen LogP contribution in [0.4, 0.5) is 0 Å². The maximum absolute atomic E-state index is 13.4. The first kappa shape index (κ1) is 28.9. The lowest BCUT2D eigenvalue weighted by Gasteiger charge is -2.28. The molecule has 0 spiro atoms. The Kier molecular flexibility index (Phi) is 11.9. The lowest BCUT2D eigenvalue weighted by atomic mass is 9.84. The largest absolute Gasteiger partial charge is 0.411 e. The number of thioether (sulfide) groups is 1. The Hall–Kier alpha value is -3.37. The van der Waals surface area contributed by atoms with E-state index in [1.165, 1.54) is 11.8 Å². The van der Waals surface area contributed by atoms with Crippen molar-refractivity contribution in [1.82, 2.24) is 10.8 Å². The molecule has 0 aromatic heterocycles. The van der Waals surface area contributed by atoms with Gasteiger partial charge < -0.3 is 16.3 Å². The highest BCUT2D eigenvalue weighted by atomic mass is 32.2. The minimum Gasteiger partial charge on any atom is -0.411 e. The van der Waals surface area contributed by atoms with Crippen molar-refractivity contribution in [1.29, 1.82) is 0 Å². The Bertz CT molecular complexity index is 1020. The van der Waals surface area contributed by atoms with Gasteiger partial charge in [-0.05, 0) is 17.9 Å². The molecule has 194 valence electrons. The van der Waals surface area contributed by atoms with E-state index in [1.54, 1.807) is 17.6 Å². The molecule has 2 aromatic rings. The van der Waals surface area contributed by atoms with E-state index < -0.39 is 35.6 Å². The van der Waals surface area contributed by atoms with Crippen molar-refractivity contribution < 1.29 is 24.8 Å². The standard InChI is InChI=1S/C26H34N4O5S/c1-17(2)13-20(25(32)28-22(24(27)31)14-18-9-5-3-6-10-18)21(26(33)30-35)15-36-16-23(29-34)19-11-7-4-8-12-19/h3-12,17,20-22,34-35H,13-16H2,1-2H3,(H2,27,31)(H,28,32)(H,30,33)/b29-23-/t20-,21+,22+/m1/s1. The van der Waals surface area contributed by atoms with E-state index in [9.17, 15) is 24.8 Å². The molecule has 0 aliphatic rings. The number of nitrogens with one attached hydrogen (secondary N) is 2. The Labute approximate surface area is 215 Å². The van der Waals surface area contributed by atoms with Gasteiger partial charge in [0, 0.05) is 23.5 Å². The number of hydroxylamine groups is 1. The van der Waals surface area contributed by atoms with Gasteiger partial charge in [0.1, 0.15) is 6.04 Å². The fourth-order valence-electron chi connectivity index (χ4n) is 3.85. The first-order valence-corrected chi connectivity index (χ1v) is 12.8. The first-order chi connectivity index (χ1) is 17.3. The molecule has 0 saturated heterocycles. The summed E-state index contributed by atoms with van der Waals surface area (Å²) in [5.41, 5.74) is 9.22. The fourth-order valence-corrected chi connectivity index (χ4v) is 5.03. The zero-order valence-corrected chi connectivity index (χ0v) is 21.3. The zero-order chi connectivity index (χ0) is 26.5. The Morgan fingerprint density at radius 1 is 0.972 bits per heavy atom. The summed E-state index contributed by atoms with van der Waals surface area (Å²) in [5, 5.41) is 24.9. The van der Waals surface area contributed by atoms with Crippen LogP contribution in [-0.4, -0.2) is 51.4 Å². The summed E-state index contributed by atoms with van der Waals surface area (Å²) in [7, 11) is 0. The topological polar surface area (TPSA) is 154 Å². The number of primary amides is 1. The van der Waals surface area contributed by atoms with Crippen LogP contribution >= 0.6 is 11.8 Å². The minimum absolute atomic E-state index is 0.0554. The highest BCUT2D eigenvalue weighted by Gasteiger charge is 2.35. The smallest absolute Gasteiger partial charge is 0.248 e. The van der Waals surface area contributed by atoms with Crippen molar-refractivity contribution in [2.75, 3.05) is 11.5 Å². The SMILES string of the molecule is CC(C)C[C@@H](C(=O)N[C@@H](Cc1ccccc1)C(N)=O)[C@H](CSC/C(=N/O)c1ccccc1)C(=O)NO. The van der Waals surface area contributed by atoms with Crippen molar-refractivity contribution in [3.05, 3.63) is 71.8 Å². The van der Waals surface area contributed by atoms with Crippen LogP contribution in [0, 0.1) is 17.8 Å². The van der Waals surface area contributed by atoms with Crippen LogP contribution in [0.15, 0.2) is 65.8 Å². The molecule has 0 unspecified atom stereocenters. The summed E-state index contributed by atoms with van der Waals surface area (Å²) in [5.74, 6) is -3.09.